The zero-order valence-corrected chi connectivity index (χ0v) is 20.4. The molecule has 3 aromatic carbocycles. The Morgan fingerprint density at radius 2 is 1.76 bits per heavy atom. The summed E-state index contributed by atoms with van der Waals surface area (Å²) in [5, 5.41) is 10.4. The lowest BCUT2D eigenvalue weighted by molar-refractivity contribution is -0.117. The molecular formula is C25H18ClN5OS2. The van der Waals surface area contributed by atoms with Crippen molar-refractivity contribution in [1.82, 2.24) is 20.2 Å². The molecule has 1 N–H and O–H groups in total. The summed E-state index contributed by atoms with van der Waals surface area (Å²) >= 11 is 9.14. The van der Waals surface area contributed by atoms with E-state index in [1.807, 2.05) is 78.6 Å². The molecule has 0 fully saturated rings. The minimum absolute atomic E-state index is 0.000161. The molecule has 0 bridgehead atoms. The van der Waals surface area contributed by atoms with Crippen molar-refractivity contribution in [2.75, 3.05) is 4.90 Å². The predicted octanol–water partition coefficient (Wildman–Crippen LogP) is 6.86. The second-order valence-electron chi connectivity index (χ2n) is 7.83. The first-order chi connectivity index (χ1) is 16.6. The molecule has 34 heavy (non-hydrogen) atoms. The van der Waals surface area contributed by atoms with Gasteiger partial charge >= 0.3 is 0 Å². The Hall–Kier alpha value is -3.07. The lowest BCUT2D eigenvalue weighted by Gasteiger charge is -2.33. The average molecular weight is 504 g/mol. The van der Waals surface area contributed by atoms with Gasteiger partial charge in [0.25, 0.3) is 0 Å². The molecule has 0 spiro atoms. The van der Waals surface area contributed by atoms with Crippen LogP contribution in [0.25, 0.3) is 22.1 Å². The first-order valence-corrected chi connectivity index (χ1v) is 12.9. The lowest BCUT2D eigenvalue weighted by Crippen LogP contribution is -2.35. The van der Waals surface area contributed by atoms with E-state index in [4.69, 9.17) is 11.6 Å². The topological polar surface area (TPSA) is 74.8 Å². The molecule has 6 nitrogen and oxygen atoms in total. The van der Waals surface area contributed by atoms with Crippen LogP contribution in [0, 0.1) is 0 Å². The molecule has 2 aromatic heterocycles. The molecule has 3 heterocycles. The number of thioether (sulfide) groups is 1. The van der Waals surface area contributed by atoms with E-state index in [0.717, 1.165) is 32.1 Å². The number of carbonyl (C=O) groups is 1. The van der Waals surface area contributed by atoms with E-state index in [-0.39, 0.29) is 11.2 Å². The summed E-state index contributed by atoms with van der Waals surface area (Å²) in [6.45, 7) is 2.00. The van der Waals surface area contributed by atoms with Crippen molar-refractivity contribution in [1.29, 1.82) is 0 Å². The number of aromatic amines is 1. The van der Waals surface area contributed by atoms with Crippen molar-refractivity contribution in [3.63, 3.8) is 0 Å². The number of hydrogen-bond acceptors (Lipinski definition) is 6. The van der Waals surface area contributed by atoms with Crippen molar-refractivity contribution >= 4 is 74.5 Å². The smallest absolute Gasteiger partial charge is 0.245 e. The average Bonchev–Trinajstić information content (AvgIpc) is 3.22. The highest BCUT2D eigenvalue weighted by Crippen LogP contribution is 2.48. The van der Waals surface area contributed by atoms with Gasteiger partial charge in [0.1, 0.15) is 5.52 Å². The maximum atomic E-state index is 13.9. The van der Waals surface area contributed by atoms with E-state index in [1.165, 1.54) is 11.8 Å². The van der Waals surface area contributed by atoms with Crippen LogP contribution in [0.1, 0.15) is 13.3 Å². The van der Waals surface area contributed by atoms with Crippen LogP contribution >= 0.6 is 35.1 Å². The van der Waals surface area contributed by atoms with Gasteiger partial charge in [-0.05, 0) is 48.9 Å². The maximum absolute atomic E-state index is 13.9. The van der Waals surface area contributed by atoms with Crippen LogP contribution < -0.4 is 4.90 Å². The number of H-pyrrole nitrogens is 1. The molecule has 0 saturated heterocycles. The second kappa shape index (κ2) is 8.61. The van der Waals surface area contributed by atoms with Gasteiger partial charge in [-0.15, -0.1) is 10.2 Å². The van der Waals surface area contributed by atoms with Crippen LogP contribution in [0.2, 0.25) is 5.02 Å². The van der Waals surface area contributed by atoms with Crippen molar-refractivity contribution in [3.05, 3.63) is 71.8 Å². The molecule has 1 atom stereocenters. The number of rotatable bonds is 4. The summed E-state index contributed by atoms with van der Waals surface area (Å²) < 4.78 is 0. The van der Waals surface area contributed by atoms with Crippen LogP contribution in [-0.2, 0) is 4.79 Å². The Bertz CT molecular complexity index is 1520. The summed E-state index contributed by atoms with van der Waals surface area (Å²) in [6, 6.07) is 21.6. The molecule has 9 heteroatoms. The van der Waals surface area contributed by atoms with Gasteiger partial charge in [0, 0.05) is 20.2 Å². The predicted molar refractivity (Wildman–Crippen MR) is 138 cm³/mol. The molecule has 1 unspecified atom stereocenters. The van der Waals surface area contributed by atoms with Crippen LogP contribution in [0.15, 0.2) is 81.7 Å². The van der Waals surface area contributed by atoms with E-state index >= 15 is 0 Å². The van der Waals surface area contributed by atoms with Gasteiger partial charge < -0.3 is 4.98 Å². The third-order valence-corrected chi connectivity index (χ3v) is 8.27. The number of amides is 1. The summed E-state index contributed by atoms with van der Waals surface area (Å²) in [5.74, 6) is -0.000161. The Labute approximate surface area is 209 Å². The van der Waals surface area contributed by atoms with E-state index < -0.39 is 0 Å². The van der Waals surface area contributed by atoms with Gasteiger partial charge in [-0.25, -0.2) is 4.98 Å². The number of hydrogen-bond donors (Lipinski definition) is 1. The zero-order chi connectivity index (χ0) is 23.2. The van der Waals surface area contributed by atoms with Gasteiger partial charge in [-0.1, -0.05) is 66.3 Å². The van der Waals surface area contributed by atoms with Gasteiger partial charge in [0.15, 0.2) is 5.65 Å². The quantitative estimate of drug-likeness (QED) is 0.270. The largest absolute Gasteiger partial charge is 0.338 e. The maximum Gasteiger partial charge on any atom is 0.245 e. The molecular weight excluding hydrogens is 486 g/mol. The second-order valence-corrected chi connectivity index (χ2v) is 10.5. The van der Waals surface area contributed by atoms with E-state index in [1.54, 1.807) is 11.8 Å². The summed E-state index contributed by atoms with van der Waals surface area (Å²) in [6.07, 6.45) is 0.626. The highest BCUT2D eigenvalue weighted by Gasteiger charge is 2.33. The number of nitrogens with zero attached hydrogens (tertiary/aromatic N) is 4. The fourth-order valence-corrected chi connectivity index (χ4v) is 6.19. The van der Waals surface area contributed by atoms with E-state index in [9.17, 15) is 4.79 Å². The molecule has 5 aromatic rings. The normalized spacial score (nSPS) is 13.6. The molecule has 0 saturated carbocycles. The number of halogens is 1. The number of nitrogens with one attached hydrogen (secondary N) is 1. The summed E-state index contributed by atoms with van der Waals surface area (Å²) in [4.78, 5) is 25.8. The first-order valence-electron chi connectivity index (χ1n) is 10.8. The Morgan fingerprint density at radius 3 is 2.47 bits per heavy atom. The molecule has 168 valence electrons. The first kappa shape index (κ1) is 21.5. The molecule has 0 aliphatic carbocycles. The number of benzene rings is 3. The Morgan fingerprint density at radius 1 is 1.06 bits per heavy atom. The molecule has 6 rings (SSSR count). The van der Waals surface area contributed by atoms with E-state index in [2.05, 4.69) is 20.2 Å². The van der Waals surface area contributed by atoms with Crippen molar-refractivity contribution < 1.29 is 4.79 Å². The van der Waals surface area contributed by atoms with Crippen molar-refractivity contribution in [2.24, 2.45) is 0 Å². The highest BCUT2D eigenvalue weighted by molar-refractivity contribution is 8.00. The van der Waals surface area contributed by atoms with Crippen LogP contribution in [0.5, 0.6) is 0 Å². The molecule has 1 aliphatic heterocycles. The monoisotopic (exact) mass is 503 g/mol. The number of anilines is 2. The highest BCUT2D eigenvalue weighted by atomic mass is 35.5. The molecule has 0 radical (unpaired) electrons. The minimum atomic E-state index is -0.373. The lowest BCUT2D eigenvalue weighted by atomic mass is 10.2. The summed E-state index contributed by atoms with van der Waals surface area (Å²) in [5.41, 5.74) is 3.97. The third-order valence-electron chi connectivity index (χ3n) is 5.70. The summed E-state index contributed by atoms with van der Waals surface area (Å²) in [7, 11) is 0. The zero-order valence-electron chi connectivity index (χ0n) is 18.0. The third kappa shape index (κ3) is 3.62. The van der Waals surface area contributed by atoms with Crippen LogP contribution in [-0.4, -0.2) is 31.3 Å². The minimum Gasteiger partial charge on any atom is -0.338 e. The number of para-hydroxylation sites is 2. The van der Waals surface area contributed by atoms with Gasteiger partial charge in [-0.2, -0.15) is 0 Å². The molecule has 1 amide bonds. The van der Waals surface area contributed by atoms with Gasteiger partial charge in [-0.3, -0.25) is 9.69 Å². The van der Waals surface area contributed by atoms with Crippen molar-refractivity contribution in [2.45, 2.75) is 33.5 Å². The fraction of sp³-hybridized carbons (Fsp3) is 0.120. The standard InChI is InChI=1S/C25H18ClN5OS2/c1-2-19(34-25-28-23-22(29-30-25)15-12-11-14(26)13-16(15)27-23)24(32)31-17-7-3-5-9-20(17)33-21-10-6-4-8-18(21)31/h3-13,19H,2H2,1H3,(H,27,28,30). The Kier molecular flexibility index (Phi) is 5.44. The SMILES string of the molecule is CCC(Sc1nnc2c(n1)[nH]c1cc(Cl)ccc12)C(=O)N1c2ccccc2Sc2ccccc21. The number of aromatic nitrogens is 4. The van der Waals surface area contributed by atoms with Crippen LogP contribution in [0.4, 0.5) is 11.4 Å². The van der Waals surface area contributed by atoms with Gasteiger partial charge in [0.2, 0.25) is 11.1 Å². The molecule has 1 aliphatic rings. The number of fused-ring (bicyclic) bond motifs is 5. The van der Waals surface area contributed by atoms with Crippen molar-refractivity contribution in [3.8, 4) is 0 Å². The van der Waals surface area contributed by atoms with Crippen LogP contribution in [0.3, 0.4) is 0 Å². The van der Waals surface area contributed by atoms with E-state index in [0.29, 0.717) is 27.8 Å². The fourth-order valence-electron chi connectivity index (χ4n) is 4.11. The number of carbonyl (C=O) groups excluding carboxylic acids is 1. The Balaban J connectivity index is 1.35. The van der Waals surface area contributed by atoms with Gasteiger partial charge in [0.05, 0.1) is 22.1 Å².